The van der Waals surface area contributed by atoms with E-state index in [1.165, 1.54) is 12.1 Å². The molecule has 0 aliphatic heterocycles. The molecular weight excluding hydrogens is 377 g/mol. The third-order valence-corrected chi connectivity index (χ3v) is 4.93. The van der Waals surface area contributed by atoms with Crippen LogP contribution in [0.15, 0.2) is 73.1 Å². The first-order valence-electron chi connectivity index (χ1n) is 8.60. The van der Waals surface area contributed by atoms with E-state index in [0.717, 1.165) is 27.9 Å². The zero-order valence-electron chi connectivity index (χ0n) is 14.5. The van der Waals surface area contributed by atoms with E-state index in [1.807, 2.05) is 47.0 Å². The lowest BCUT2D eigenvalue weighted by molar-refractivity contribution is 0.628. The molecule has 136 valence electrons. The third kappa shape index (κ3) is 2.75. The van der Waals surface area contributed by atoms with E-state index in [4.69, 9.17) is 11.6 Å². The van der Waals surface area contributed by atoms with E-state index in [2.05, 4.69) is 20.4 Å². The summed E-state index contributed by atoms with van der Waals surface area (Å²) in [4.78, 5) is 0. The lowest BCUT2D eigenvalue weighted by atomic mass is 10.0. The Labute approximate surface area is 164 Å². The number of H-pyrrole nitrogens is 1. The van der Waals surface area contributed by atoms with Crippen LogP contribution >= 0.6 is 11.6 Å². The van der Waals surface area contributed by atoms with Crippen LogP contribution in [0.3, 0.4) is 0 Å². The number of pyridine rings is 1. The normalized spacial score (nSPS) is 11.2. The van der Waals surface area contributed by atoms with E-state index in [-0.39, 0.29) is 5.82 Å². The number of nitrogens with zero attached hydrogens (tertiary/aromatic N) is 4. The lowest BCUT2D eigenvalue weighted by Crippen LogP contribution is -1.92. The Balaban J connectivity index is 1.66. The molecule has 0 amide bonds. The van der Waals surface area contributed by atoms with E-state index in [0.29, 0.717) is 16.5 Å². The van der Waals surface area contributed by atoms with Gasteiger partial charge in [-0.2, -0.15) is 5.10 Å². The first kappa shape index (κ1) is 16.6. The van der Waals surface area contributed by atoms with Gasteiger partial charge in [-0.1, -0.05) is 23.7 Å². The molecule has 0 spiro atoms. The van der Waals surface area contributed by atoms with Gasteiger partial charge in [0, 0.05) is 28.5 Å². The average Bonchev–Trinajstić information content (AvgIpc) is 3.36. The highest BCUT2D eigenvalue weighted by Crippen LogP contribution is 2.32. The molecule has 0 atom stereocenters. The van der Waals surface area contributed by atoms with E-state index in [1.54, 1.807) is 18.3 Å². The van der Waals surface area contributed by atoms with Gasteiger partial charge in [-0.05, 0) is 48.5 Å². The van der Waals surface area contributed by atoms with Gasteiger partial charge in [-0.25, -0.2) is 4.39 Å². The second-order valence-electron chi connectivity index (χ2n) is 6.31. The molecule has 0 saturated carbocycles. The van der Waals surface area contributed by atoms with Gasteiger partial charge in [0.2, 0.25) is 0 Å². The monoisotopic (exact) mass is 389 g/mol. The van der Waals surface area contributed by atoms with Crippen molar-refractivity contribution in [1.82, 2.24) is 24.8 Å². The summed E-state index contributed by atoms with van der Waals surface area (Å²) in [5.41, 5.74) is 5.00. The average molecular weight is 390 g/mol. The number of hydrogen-bond acceptors (Lipinski definition) is 3. The van der Waals surface area contributed by atoms with Gasteiger partial charge < -0.3 is 0 Å². The van der Waals surface area contributed by atoms with Crippen molar-refractivity contribution in [2.75, 3.05) is 0 Å². The minimum atomic E-state index is -0.278. The molecule has 5 nitrogen and oxygen atoms in total. The number of rotatable bonds is 3. The summed E-state index contributed by atoms with van der Waals surface area (Å²) in [5, 5.41) is 16.3. The number of hydrogen-bond donors (Lipinski definition) is 1. The first-order valence-corrected chi connectivity index (χ1v) is 8.98. The van der Waals surface area contributed by atoms with Gasteiger partial charge >= 0.3 is 0 Å². The molecule has 0 bridgehead atoms. The van der Waals surface area contributed by atoms with Crippen LogP contribution in [0, 0.1) is 5.82 Å². The Kier molecular flexibility index (Phi) is 3.91. The van der Waals surface area contributed by atoms with E-state index in [9.17, 15) is 4.39 Å². The second-order valence-corrected chi connectivity index (χ2v) is 6.72. The van der Waals surface area contributed by atoms with Crippen molar-refractivity contribution in [3.05, 3.63) is 83.9 Å². The smallest absolute Gasteiger partial charge is 0.169 e. The number of nitrogens with one attached hydrogen (secondary N) is 1. The maximum absolute atomic E-state index is 13.3. The van der Waals surface area contributed by atoms with Gasteiger partial charge in [0.15, 0.2) is 11.5 Å². The highest BCUT2D eigenvalue weighted by atomic mass is 35.5. The van der Waals surface area contributed by atoms with Crippen molar-refractivity contribution < 1.29 is 4.39 Å². The molecule has 5 aromatic rings. The van der Waals surface area contributed by atoms with Crippen molar-refractivity contribution in [1.29, 1.82) is 0 Å². The maximum atomic E-state index is 13.3. The quantitative estimate of drug-likeness (QED) is 0.458. The van der Waals surface area contributed by atoms with Gasteiger partial charge in [-0.15, -0.1) is 10.2 Å². The minimum absolute atomic E-state index is 0.278. The fourth-order valence-corrected chi connectivity index (χ4v) is 3.44. The van der Waals surface area contributed by atoms with E-state index < -0.39 is 0 Å². The highest BCUT2D eigenvalue weighted by Gasteiger charge is 2.15. The zero-order chi connectivity index (χ0) is 19.1. The van der Waals surface area contributed by atoms with Crippen LogP contribution < -0.4 is 0 Å². The van der Waals surface area contributed by atoms with Crippen LogP contribution in [0.1, 0.15) is 0 Å². The summed E-state index contributed by atoms with van der Waals surface area (Å²) in [6.07, 6.45) is 3.70. The Morgan fingerprint density at radius 1 is 0.857 bits per heavy atom. The van der Waals surface area contributed by atoms with Gasteiger partial charge in [0.1, 0.15) is 5.82 Å². The molecule has 28 heavy (non-hydrogen) atoms. The number of aromatic nitrogens is 5. The molecule has 7 heteroatoms. The molecule has 0 radical (unpaired) electrons. The predicted molar refractivity (Wildman–Crippen MR) is 106 cm³/mol. The van der Waals surface area contributed by atoms with Gasteiger partial charge in [0.25, 0.3) is 0 Å². The Hall–Kier alpha value is -3.51. The number of benzene rings is 2. The second kappa shape index (κ2) is 6.58. The molecule has 0 unspecified atom stereocenters. The summed E-state index contributed by atoms with van der Waals surface area (Å²) in [5.74, 6) is 0.384. The summed E-state index contributed by atoms with van der Waals surface area (Å²) < 4.78 is 15.2. The minimum Gasteiger partial charge on any atom is -0.282 e. The van der Waals surface area contributed by atoms with Crippen molar-refractivity contribution in [2.24, 2.45) is 0 Å². The summed E-state index contributed by atoms with van der Waals surface area (Å²) in [6.45, 7) is 0. The lowest BCUT2D eigenvalue weighted by Gasteiger charge is -2.07. The van der Waals surface area contributed by atoms with Crippen LogP contribution in [0.4, 0.5) is 4.39 Å². The Morgan fingerprint density at radius 3 is 2.46 bits per heavy atom. The molecule has 0 saturated heterocycles. The molecule has 2 aromatic carbocycles. The van der Waals surface area contributed by atoms with Crippen LogP contribution in [-0.2, 0) is 0 Å². The summed E-state index contributed by atoms with van der Waals surface area (Å²) >= 11 is 6.35. The fraction of sp³-hybridized carbons (Fsp3) is 0. The van der Waals surface area contributed by atoms with Gasteiger partial charge in [-0.3, -0.25) is 9.50 Å². The van der Waals surface area contributed by atoms with E-state index >= 15 is 0 Å². The maximum Gasteiger partial charge on any atom is 0.169 e. The van der Waals surface area contributed by atoms with Crippen molar-refractivity contribution >= 4 is 17.2 Å². The van der Waals surface area contributed by atoms with Crippen LogP contribution in [0.5, 0.6) is 0 Å². The number of fused-ring (bicyclic) bond motifs is 1. The molecule has 1 N–H and O–H groups in total. The van der Waals surface area contributed by atoms with Crippen molar-refractivity contribution in [3.63, 3.8) is 0 Å². The summed E-state index contributed by atoms with van der Waals surface area (Å²) in [6, 6.07) is 17.7. The first-order chi connectivity index (χ1) is 13.7. The fourth-order valence-electron chi connectivity index (χ4n) is 3.22. The predicted octanol–water partition coefficient (Wildman–Crippen LogP) is 5.25. The zero-order valence-corrected chi connectivity index (χ0v) is 15.2. The molecule has 0 aliphatic carbocycles. The van der Waals surface area contributed by atoms with Crippen LogP contribution in [-0.4, -0.2) is 24.8 Å². The van der Waals surface area contributed by atoms with Crippen molar-refractivity contribution in [2.45, 2.75) is 0 Å². The molecule has 0 fully saturated rings. The molecule has 3 aromatic heterocycles. The standard InChI is InChI=1S/C21H13ClFN5/c22-18-4-2-1-3-16(18)21-27-25-19-10-7-14(12-28(19)21)17-11-24-26-20(17)13-5-8-15(23)9-6-13/h1-12H,(H,24,26). The largest absolute Gasteiger partial charge is 0.282 e. The van der Waals surface area contributed by atoms with Crippen LogP contribution in [0.2, 0.25) is 5.02 Å². The Bertz CT molecular complexity index is 1290. The van der Waals surface area contributed by atoms with Crippen molar-refractivity contribution in [3.8, 4) is 33.8 Å². The molecule has 5 rings (SSSR count). The van der Waals surface area contributed by atoms with Gasteiger partial charge in [0.05, 0.1) is 16.9 Å². The Morgan fingerprint density at radius 2 is 1.64 bits per heavy atom. The topological polar surface area (TPSA) is 58.9 Å². The molecular formula is C21H13ClFN5. The molecule has 3 heterocycles. The molecule has 0 aliphatic rings. The SMILES string of the molecule is Fc1ccc(-c2[nH]ncc2-c2ccc3nnc(-c4ccccc4Cl)n3c2)cc1. The third-order valence-electron chi connectivity index (χ3n) is 4.60. The van der Waals surface area contributed by atoms with Crippen LogP contribution in [0.25, 0.3) is 39.4 Å². The highest BCUT2D eigenvalue weighted by molar-refractivity contribution is 6.33. The number of halogens is 2. The summed E-state index contributed by atoms with van der Waals surface area (Å²) in [7, 11) is 0. The number of aromatic amines is 1.